The van der Waals surface area contributed by atoms with Gasteiger partial charge in [0.1, 0.15) is 0 Å². The molecule has 1 rings (SSSR count). The number of hydrogen-bond donors (Lipinski definition) is 2. The van der Waals surface area contributed by atoms with E-state index >= 15 is 0 Å². The number of nitrogens with zero attached hydrogens (tertiary/aromatic N) is 2. The minimum atomic E-state index is -0.898. The Morgan fingerprint density at radius 3 is 1.76 bits per heavy atom. The second kappa shape index (κ2) is 12.5. The number of nitrogens with one attached hydrogen (secondary N) is 1. The number of carboxylic acid groups (broad SMARTS) is 1. The molecule has 34 heavy (non-hydrogen) atoms. The number of amides is 3. The molecule has 1 fully saturated rings. The van der Waals surface area contributed by atoms with Crippen LogP contribution in [0.3, 0.4) is 0 Å². The van der Waals surface area contributed by atoms with Gasteiger partial charge in [-0.2, -0.15) is 0 Å². The van der Waals surface area contributed by atoms with Gasteiger partial charge >= 0.3 is 5.97 Å². The third kappa shape index (κ3) is 8.91. The summed E-state index contributed by atoms with van der Waals surface area (Å²) in [5.74, 6) is -2.23. The Morgan fingerprint density at radius 2 is 1.32 bits per heavy atom. The van der Waals surface area contributed by atoms with Crippen molar-refractivity contribution in [1.82, 2.24) is 15.1 Å². The molecule has 0 radical (unpaired) electrons. The fourth-order valence-electron chi connectivity index (χ4n) is 4.61. The third-order valence-electron chi connectivity index (χ3n) is 6.91. The molecule has 3 atom stereocenters. The van der Waals surface area contributed by atoms with E-state index in [1.165, 1.54) is 0 Å². The highest BCUT2D eigenvalue weighted by Gasteiger charge is 2.36. The van der Waals surface area contributed by atoms with Crippen LogP contribution in [-0.2, 0) is 19.2 Å². The molecule has 0 saturated carbocycles. The molecule has 0 aromatic rings. The lowest BCUT2D eigenvalue weighted by molar-refractivity contribution is -0.146. The van der Waals surface area contributed by atoms with Crippen LogP contribution in [0.4, 0.5) is 0 Å². The molecule has 0 spiro atoms. The molecule has 1 aliphatic heterocycles. The Morgan fingerprint density at radius 1 is 0.853 bits per heavy atom. The van der Waals surface area contributed by atoms with Gasteiger partial charge in [0.15, 0.2) is 0 Å². The molecule has 196 valence electrons. The summed E-state index contributed by atoms with van der Waals surface area (Å²) in [6, 6.07) is 0. The van der Waals surface area contributed by atoms with Crippen molar-refractivity contribution in [3.63, 3.8) is 0 Å². The molecule has 0 aromatic carbocycles. The highest BCUT2D eigenvalue weighted by Crippen LogP contribution is 2.29. The summed E-state index contributed by atoms with van der Waals surface area (Å²) >= 11 is 0. The molecule has 8 heteroatoms. The summed E-state index contributed by atoms with van der Waals surface area (Å²) in [6.45, 7) is 17.0. The van der Waals surface area contributed by atoms with Crippen molar-refractivity contribution < 1.29 is 24.3 Å². The standard InChI is InChI=1S/C26H47N3O5/c1-9-10-11-26(7,8)27-24(34)25(5,6)17-20(4)22(31)29-14-12-28(13-15-29)21(30)18(2)16-19(3)23(32)33/h18-20H,9-17H2,1-8H3,(H,27,34)(H,32,33). The maximum atomic E-state index is 13.1. The topological polar surface area (TPSA) is 107 Å². The predicted molar refractivity (Wildman–Crippen MR) is 133 cm³/mol. The molecular weight excluding hydrogens is 434 g/mol. The lowest BCUT2D eigenvalue weighted by atomic mass is 9.81. The van der Waals surface area contributed by atoms with Gasteiger partial charge in [0.05, 0.1) is 5.92 Å². The SMILES string of the molecule is CCCCC(C)(C)NC(=O)C(C)(C)CC(C)C(=O)N1CCN(C(=O)C(C)CC(C)C(=O)O)CC1. The maximum absolute atomic E-state index is 13.1. The lowest BCUT2D eigenvalue weighted by Crippen LogP contribution is -2.53. The Labute approximate surface area is 205 Å². The van der Waals surface area contributed by atoms with Gasteiger partial charge in [-0.15, -0.1) is 0 Å². The van der Waals surface area contributed by atoms with Crippen LogP contribution in [0.5, 0.6) is 0 Å². The second-order valence-corrected chi connectivity index (χ2v) is 11.5. The van der Waals surface area contributed by atoms with E-state index in [1.54, 1.807) is 23.6 Å². The molecule has 8 nitrogen and oxygen atoms in total. The average molecular weight is 482 g/mol. The van der Waals surface area contributed by atoms with E-state index in [4.69, 9.17) is 5.11 Å². The quantitative estimate of drug-likeness (QED) is 0.443. The van der Waals surface area contributed by atoms with E-state index in [1.807, 2.05) is 34.6 Å². The summed E-state index contributed by atoms with van der Waals surface area (Å²) in [6.07, 6.45) is 3.79. The van der Waals surface area contributed by atoms with Crippen LogP contribution in [0.15, 0.2) is 0 Å². The summed E-state index contributed by atoms with van der Waals surface area (Å²) < 4.78 is 0. The van der Waals surface area contributed by atoms with Crippen molar-refractivity contribution in [3.05, 3.63) is 0 Å². The van der Waals surface area contributed by atoms with Crippen molar-refractivity contribution in [2.75, 3.05) is 26.2 Å². The van der Waals surface area contributed by atoms with Gasteiger partial charge in [-0.1, -0.05) is 54.4 Å². The number of hydrogen-bond acceptors (Lipinski definition) is 4. The molecule has 1 saturated heterocycles. The summed E-state index contributed by atoms with van der Waals surface area (Å²) in [5.41, 5.74) is -0.952. The first-order chi connectivity index (χ1) is 15.6. The number of carbonyl (C=O) groups excluding carboxylic acids is 3. The van der Waals surface area contributed by atoms with Crippen molar-refractivity contribution >= 4 is 23.7 Å². The monoisotopic (exact) mass is 481 g/mol. The van der Waals surface area contributed by atoms with Crippen LogP contribution in [0.1, 0.15) is 87.5 Å². The van der Waals surface area contributed by atoms with Crippen LogP contribution < -0.4 is 5.32 Å². The molecular formula is C26H47N3O5. The first-order valence-electron chi connectivity index (χ1n) is 12.7. The number of carbonyl (C=O) groups is 4. The Balaban J connectivity index is 2.60. The number of aliphatic carboxylic acids is 1. The average Bonchev–Trinajstić information content (AvgIpc) is 2.75. The first-order valence-corrected chi connectivity index (χ1v) is 12.7. The predicted octanol–water partition coefficient (Wildman–Crippen LogP) is 3.54. The minimum absolute atomic E-state index is 0.00534. The van der Waals surface area contributed by atoms with Crippen molar-refractivity contribution in [3.8, 4) is 0 Å². The Bertz CT molecular complexity index is 726. The van der Waals surface area contributed by atoms with Crippen LogP contribution >= 0.6 is 0 Å². The van der Waals surface area contributed by atoms with Gasteiger partial charge in [0, 0.05) is 49.0 Å². The molecule has 2 N–H and O–H groups in total. The zero-order valence-corrected chi connectivity index (χ0v) is 22.6. The third-order valence-corrected chi connectivity index (χ3v) is 6.91. The van der Waals surface area contributed by atoms with Gasteiger partial charge in [0.2, 0.25) is 17.7 Å². The minimum Gasteiger partial charge on any atom is -0.481 e. The van der Waals surface area contributed by atoms with Crippen molar-refractivity contribution in [2.45, 2.75) is 93.0 Å². The molecule has 1 aliphatic rings. The number of piperazine rings is 1. The normalized spacial score (nSPS) is 17.6. The van der Waals surface area contributed by atoms with Gasteiger partial charge in [-0.05, 0) is 33.1 Å². The van der Waals surface area contributed by atoms with E-state index in [0.29, 0.717) is 39.0 Å². The number of carboxylic acids is 1. The van der Waals surface area contributed by atoms with Gasteiger partial charge in [-0.3, -0.25) is 19.2 Å². The highest BCUT2D eigenvalue weighted by atomic mass is 16.4. The van der Waals surface area contributed by atoms with E-state index in [9.17, 15) is 19.2 Å². The van der Waals surface area contributed by atoms with Gasteiger partial charge < -0.3 is 20.2 Å². The molecule has 0 aromatic heterocycles. The fourth-order valence-corrected chi connectivity index (χ4v) is 4.61. The highest BCUT2D eigenvalue weighted by molar-refractivity contribution is 5.85. The second-order valence-electron chi connectivity index (χ2n) is 11.5. The fraction of sp³-hybridized carbons (Fsp3) is 0.846. The molecule has 0 bridgehead atoms. The molecule has 3 unspecified atom stereocenters. The molecule has 3 amide bonds. The number of unbranched alkanes of at least 4 members (excludes halogenated alkanes) is 1. The Kier molecular flexibility index (Phi) is 11.0. The zero-order valence-electron chi connectivity index (χ0n) is 22.6. The smallest absolute Gasteiger partial charge is 0.306 e. The van der Waals surface area contributed by atoms with E-state index in [-0.39, 0.29) is 35.1 Å². The van der Waals surface area contributed by atoms with Crippen molar-refractivity contribution in [1.29, 1.82) is 0 Å². The van der Waals surface area contributed by atoms with Crippen LogP contribution in [0.2, 0.25) is 0 Å². The van der Waals surface area contributed by atoms with Crippen LogP contribution in [0, 0.1) is 23.2 Å². The van der Waals surface area contributed by atoms with Crippen molar-refractivity contribution in [2.24, 2.45) is 23.2 Å². The van der Waals surface area contributed by atoms with E-state index in [2.05, 4.69) is 12.2 Å². The number of rotatable bonds is 12. The molecule has 1 heterocycles. The van der Waals surface area contributed by atoms with Crippen LogP contribution in [0.25, 0.3) is 0 Å². The summed E-state index contributed by atoms with van der Waals surface area (Å²) in [5, 5.41) is 12.2. The molecule has 0 aliphatic carbocycles. The zero-order chi connectivity index (χ0) is 26.3. The van der Waals surface area contributed by atoms with E-state index in [0.717, 1.165) is 19.3 Å². The maximum Gasteiger partial charge on any atom is 0.306 e. The largest absolute Gasteiger partial charge is 0.481 e. The summed E-state index contributed by atoms with van der Waals surface area (Å²) in [7, 11) is 0. The van der Waals surface area contributed by atoms with Gasteiger partial charge in [0.25, 0.3) is 0 Å². The summed E-state index contributed by atoms with van der Waals surface area (Å²) in [4.78, 5) is 53.3. The van der Waals surface area contributed by atoms with Gasteiger partial charge in [-0.25, -0.2) is 0 Å². The Hall–Kier alpha value is -2.12. The first kappa shape index (κ1) is 29.9. The van der Waals surface area contributed by atoms with E-state index < -0.39 is 17.3 Å². The van der Waals surface area contributed by atoms with Crippen LogP contribution in [-0.4, -0.2) is 70.3 Å². The lowest BCUT2D eigenvalue weighted by Gasteiger charge is -2.38.